The van der Waals surface area contributed by atoms with Gasteiger partial charge in [-0.3, -0.25) is 4.79 Å². The minimum absolute atomic E-state index is 0.145. The summed E-state index contributed by atoms with van der Waals surface area (Å²) in [6.07, 6.45) is 13.9. The van der Waals surface area contributed by atoms with Crippen molar-refractivity contribution in [1.29, 1.82) is 0 Å². The van der Waals surface area contributed by atoms with E-state index < -0.39 is 12.0 Å². The lowest BCUT2D eigenvalue weighted by molar-refractivity contribution is -0.142. The molecule has 0 aromatic carbocycles. The second kappa shape index (κ2) is 15.1. The molecule has 0 spiro atoms. The van der Waals surface area contributed by atoms with Crippen LogP contribution < -0.4 is 11.1 Å². The summed E-state index contributed by atoms with van der Waals surface area (Å²) in [6, 6.07) is -0.707. The minimum atomic E-state index is -0.707. The highest BCUT2D eigenvalue weighted by Crippen LogP contribution is 2.11. The molecule has 0 aliphatic carbocycles. The van der Waals surface area contributed by atoms with E-state index in [1.165, 1.54) is 57.8 Å². The van der Waals surface area contributed by atoms with Crippen LogP contribution in [0.4, 0.5) is 4.79 Å². The lowest BCUT2D eigenvalue weighted by Gasteiger charge is -2.05. The zero-order valence-corrected chi connectivity index (χ0v) is 13.5. The number of carbonyl (C=O) groups excluding carboxylic acids is 2. The molecular formula is C16H32N2O3. The van der Waals surface area contributed by atoms with Gasteiger partial charge >= 0.3 is 12.0 Å². The summed E-state index contributed by atoms with van der Waals surface area (Å²) >= 11 is 0. The van der Waals surface area contributed by atoms with E-state index in [4.69, 9.17) is 10.5 Å². The fraction of sp³-hybridized carbons (Fsp3) is 0.875. The number of nitrogens with two attached hydrogens (primary N) is 1. The molecule has 2 amide bonds. The zero-order valence-electron chi connectivity index (χ0n) is 13.5. The molecule has 0 aliphatic heterocycles. The summed E-state index contributed by atoms with van der Waals surface area (Å²) in [5, 5.41) is 2.20. The van der Waals surface area contributed by atoms with E-state index in [9.17, 15) is 9.59 Å². The van der Waals surface area contributed by atoms with E-state index in [0.29, 0.717) is 6.61 Å². The van der Waals surface area contributed by atoms with Gasteiger partial charge in [0.25, 0.3) is 0 Å². The molecule has 0 aliphatic rings. The molecule has 0 bridgehead atoms. The molecule has 0 heterocycles. The molecule has 0 radical (unpaired) electrons. The van der Waals surface area contributed by atoms with Crippen LogP contribution in [0.5, 0.6) is 0 Å². The number of hydrogen-bond donors (Lipinski definition) is 2. The van der Waals surface area contributed by atoms with E-state index in [2.05, 4.69) is 12.2 Å². The summed E-state index contributed by atoms with van der Waals surface area (Å²) in [6.45, 7) is 2.52. The highest BCUT2D eigenvalue weighted by molar-refractivity contribution is 5.79. The van der Waals surface area contributed by atoms with Crippen molar-refractivity contribution in [3.05, 3.63) is 0 Å². The van der Waals surface area contributed by atoms with Crippen LogP contribution in [0.25, 0.3) is 0 Å². The number of esters is 1. The second-order valence-corrected chi connectivity index (χ2v) is 5.47. The van der Waals surface area contributed by atoms with Crippen molar-refractivity contribution in [2.24, 2.45) is 5.73 Å². The third-order valence-electron chi connectivity index (χ3n) is 3.42. The van der Waals surface area contributed by atoms with E-state index >= 15 is 0 Å². The van der Waals surface area contributed by atoms with Crippen molar-refractivity contribution < 1.29 is 14.3 Å². The SMILES string of the molecule is CCCCCCCCCCCCCOC(=O)CNC(N)=O. The number of rotatable bonds is 14. The lowest BCUT2D eigenvalue weighted by atomic mass is 10.1. The van der Waals surface area contributed by atoms with Crippen molar-refractivity contribution in [2.45, 2.75) is 77.6 Å². The van der Waals surface area contributed by atoms with Crippen LogP contribution >= 0.6 is 0 Å². The first-order chi connectivity index (χ1) is 10.2. The van der Waals surface area contributed by atoms with Crippen LogP contribution in [0.15, 0.2) is 0 Å². The van der Waals surface area contributed by atoms with Crippen molar-refractivity contribution in [2.75, 3.05) is 13.2 Å². The molecule has 0 atom stereocenters. The molecule has 5 nitrogen and oxygen atoms in total. The van der Waals surface area contributed by atoms with Gasteiger partial charge in [-0.1, -0.05) is 71.1 Å². The van der Waals surface area contributed by atoms with Crippen LogP contribution in [-0.4, -0.2) is 25.2 Å². The van der Waals surface area contributed by atoms with Gasteiger partial charge in [0, 0.05) is 0 Å². The van der Waals surface area contributed by atoms with Gasteiger partial charge in [0.1, 0.15) is 6.54 Å². The summed E-state index contributed by atoms with van der Waals surface area (Å²) < 4.78 is 4.97. The zero-order chi connectivity index (χ0) is 15.8. The van der Waals surface area contributed by atoms with Gasteiger partial charge in [0.15, 0.2) is 0 Å². The summed E-state index contributed by atoms with van der Waals surface area (Å²) in [7, 11) is 0. The molecule has 0 rings (SSSR count). The average Bonchev–Trinajstić information content (AvgIpc) is 2.46. The second-order valence-electron chi connectivity index (χ2n) is 5.47. The van der Waals surface area contributed by atoms with E-state index in [0.717, 1.165) is 12.8 Å². The number of unbranched alkanes of at least 4 members (excludes halogenated alkanes) is 10. The van der Waals surface area contributed by atoms with Crippen LogP contribution in [-0.2, 0) is 9.53 Å². The third kappa shape index (κ3) is 16.7. The van der Waals surface area contributed by atoms with Crippen LogP contribution in [0.2, 0.25) is 0 Å². The van der Waals surface area contributed by atoms with E-state index in [1.54, 1.807) is 0 Å². The quantitative estimate of drug-likeness (QED) is 0.380. The fourth-order valence-corrected chi connectivity index (χ4v) is 2.16. The molecule has 0 saturated carbocycles. The number of urea groups is 1. The first kappa shape index (κ1) is 19.7. The van der Waals surface area contributed by atoms with Gasteiger partial charge in [0.05, 0.1) is 6.61 Å². The Morgan fingerprint density at radius 2 is 1.33 bits per heavy atom. The van der Waals surface area contributed by atoms with Crippen LogP contribution in [0, 0.1) is 0 Å². The minimum Gasteiger partial charge on any atom is -0.464 e. The molecule has 0 aromatic heterocycles. The summed E-state index contributed by atoms with van der Waals surface area (Å²) in [4.78, 5) is 21.5. The first-order valence-electron chi connectivity index (χ1n) is 8.35. The predicted molar refractivity (Wildman–Crippen MR) is 85.0 cm³/mol. The number of ether oxygens (including phenoxy) is 1. The fourth-order valence-electron chi connectivity index (χ4n) is 2.16. The summed E-state index contributed by atoms with van der Waals surface area (Å²) in [5.74, 6) is -0.430. The monoisotopic (exact) mass is 300 g/mol. The number of primary amides is 1. The van der Waals surface area contributed by atoms with Crippen LogP contribution in [0.3, 0.4) is 0 Å². The van der Waals surface area contributed by atoms with Gasteiger partial charge in [-0.05, 0) is 6.42 Å². The third-order valence-corrected chi connectivity index (χ3v) is 3.42. The van der Waals surface area contributed by atoms with Crippen molar-refractivity contribution in [3.63, 3.8) is 0 Å². The maximum Gasteiger partial charge on any atom is 0.325 e. The van der Waals surface area contributed by atoms with E-state index in [1.807, 2.05) is 0 Å². The van der Waals surface area contributed by atoms with Crippen molar-refractivity contribution in [3.8, 4) is 0 Å². The Labute approximate surface area is 129 Å². The largest absolute Gasteiger partial charge is 0.464 e. The molecule has 0 aromatic rings. The molecule has 21 heavy (non-hydrogen) atoms. The van der Waals surface area contributed by atoms with Crippen molar-refractivity contribution >= 4 is 12.0 Å². The number of amides is 2. The molecule has 0 unspecified atom stereocenters. The number of carbonyl (C=O) groups is 2. The number of nitrogens with one attached hydrogen (secondary N) is 1. The van der Waals surface area contributed by atoms with Crippen LogP contribution in [0.1, 0.15) is 77.6 Å². The molecule has 0 saturated heterocycles. The Bertz CT molecular complexity index is 270. The Morgan fingerprint density at radius 3 is 1.81 bits per heavy atom. The maximum atomic E-state index is 11.1. The smallest absolute Gasteiger partial charge is 0.325 e. The Hall–Kier alpha value is -1.26. The number of hydrogen-bond acceptors (Lipinski definition) is 3. The maximum absolute atomic E-state index is 11.1. The Morgan fingerprint density at radius 1 is 0.857 bits per heavy atom. The predicted octanol–water partition coefficient (Wildman–Crippen LogP) is 3.51. The topological polar surface area (TPSA) is 81.4 Å². The van der Waals surface area contributed by atoms with Gasteiger partial charge in [-0.15, -0.1) is 0 Å². The standard InChI is InChI=1S/C16H32N2O3/c1-2-3-4-5-6-7-8-9-10-11-12-13-21-15(19)14-18-16(17)20/h2-14H2,1H3,(H3,17,18,20). The average molecular weight is 300 g/mol. The molecule has 5 heteroatoms. The highest BCUT2D eigenvalue weighted by Gasteiger charge is 2.03. The van der Waals surface area contributed by atoms with Gasteiger partial charge < -0.3 is 15.8 Å². The molecule has 3 N–H and O–H groups in total. The van der Waals surface area contributed by atoms with E-state index in [-0.39, 0.29) is 6.54 Å². The van der Waals surface area contributed by atoms with Crippen molar-refractivity contribution in [1.82, 2.24) is 5.32 Å². The molecular weight excluding hydrogens is 268 g/mol. The molecule has 0 fully saturated rings. The first-order valence-corrected chi connectivity index (χ1v) is 8.35. The summed E-state index contributed by atoms with van der Waals surface area (Å²) in [5.41, 5.74) is 4.85. The Kier molecular flexibility index (Phi) is 14.2. The highest BCUT2D eigenvalue weighted by atomic mass is 16.5. The van der Waals surface area contributed by atoms with Gasteiger partial charge in [0.2, 0.25) is 0 Å². The van der Waals surface area contributed by atoms with Gasteiger partial charge in [-0.25, -0.2) is 4.79 Å². The lowest BCUT2D eigenvalue weighted by Crippen LogP contribution is -2.34. The molecule has 124 valence electrons. The van der Waals surface area contributed by atoms with Gasteiger partial charge in [-0.2, -0.15) is 0 Å². The Balaban J connectivity index is 3.12. The normalized spacial score (nSPS) is 10.3.